The summed E-state index contributed by atoms with van der Waals surface area (Å²) in [7, 11) is 0. The van der Waals surface area contributed by atoms with Crippen molar-refractivity contribution in [3.8, 4) is 0 Å². The molecule has 2 aliphatic heterocycles. The lowest BCUT2D eigenvalue weighted by Gasteiger charge is -2.45. The molecule has 2 fully saturated rings. The average molecular weight is 204 g/mol. The second kappa shape index (κ2) is 3.73. The fourth-order valence-corrected chi connectivity index (χ4v) is 2.31. The van der Waals surface area contributed by atoms with Crippen LogP contribution in [0.3, 0.4) is 0 Å². The zero-order valence-corrected chi connectivity index (χ0v) is 7.74. The van der Waals surface area contributed by atoms with Crippen LogP contribution < -0.4 is 5.32 Å². The Labute approximate surface area is 81.8 Å². The highest BCUT2D eigenvalue weighted by atomic mass is 16.4. The molecule has 5 atom stereocenters. The highest BCUT2D eigenvalue weighted by molar-refractivity contribution is 5.01. The molecular weight excluding hydrogens is 188 g/mol. The third-order valence-corrected chi connectivity index (χ3v) is 3.11. The van der Waals surface area contributed by atoms with E-state index in [1.165, 1.54) is 0 Å². The number of aliphatic hydroxyl groups is 4. The molecule has 82 valence electrons. The normalized spacial score (nSPS) is 49.3. The van der Waals surface area contributed by atoms with Gasteiger partial charge in [-0.2, -0.15) is 0 Å². The highest BCUT2D eigenvalue weighted by Crippen LogP contribution is 2.25. The summed E-state index contributed by atoms with van der Waals surface area (Å²) in [5.74, 6) is 0. The van der Waals surface area contributed by atoms with E-state index in [1.54, 1.807) is 4.90 Å². The molecule has 5 N–H and O–H groups in total. The molecule has 2 heterocycles. The van der Waals surface area contributed by atoms with E-state index in [0.717, 1.165) is 0 Å². The number of nitrogens with zero attached hydrogens (tertiary/aromatic N) is 1. The summed E-state index contributed by atoms with van der Waals surface area (Å²) in [6.07, 6.45) is -3.65. The predicted molar refractivity (Wildman–Crippen MR) is 47.4 cm³/mol. The summed E-state index contributed by atoms with van der Waals surface area (Å²) in [6, 6.07) is -0.492. The second-order valence-electron chi connectivity index (χ2n) is 3.86. The van der Waals surface area contributed by atoms with Crippen molar-refractivity contribution < 1.29 is 20.4 Å². The van der Waals surface area contributed by atoms with Gasteiger partial charge in [0, 0.05) is 13.1 Å². The van der Waals surface area contributed by atoms with E-state index in [0.29, 0.717) is 13.1 Å². The molecule has 2 aliphatic rings. The first-order chi connectivity index (χ1) is 6.66. The molecule has 0 aromatic rings. The fraction of sp³-hybridized carbons (Fsp3) is 1.00. The monoisotopic (exact) mass is 204 g/mol. The molecule has 14 heavy (non-hydrogen) atoms. The van der Waals surface area contributed by atoms with Crippen molar-refractivity contribution in [2.24, 2.45) is 0 Å². The smallest absolute Gasteiger partial charge is 0.111 e. The van der Waals surface area contributed by atoms with Gasteiger partial charge in [0.25, 0.3) is 0 Å². The van der Waals surface area contributed by atoms with E-state index >= 15 is 0 Å². The van der Waals surface area contributed by atoms with E-state index in [1.807, 2.05) is 0 Å². The van der Waals surface area contributed by atoms with Crippen LogP contribution in [0.1, 0.15) is 0 Å². The molecule has 0 radical (unpaired) electrons. The minimum Gasteiger partial charge on any atom is -0.395 e. The lowest BCUT2D eigenvalue weighted by Crippen LogP contribution is -2.67. The van der Waals surface area contributed by atoms with Gasteiger partial charge in [-0.15, -0.1) is 0 Å². The summed E-state index contributed by atoms with van der Waals surface area (Å²) in [6.45, 7) is 1.14. The van der Waals surface area contributed by atoms with Crippen LogP contribution in [0.5, 0.6) is 0 Å². The number of hydrogen-bond acceptors (Lipinski definition) is 6. The predicted octanol–water partition coefficient (Wildman–Crippen LogP) is -3.33. The van der Waals surface area contributed by atoms with Crippen LogP contribution >= 0.6 is 0 Å². The topological polar surface area (TPSA) is 96.2 Å². The maximum Gasteiger partial charge on any atom is 0.111 e. The Kier molecular flexibility index (Phi) is 2.74. The van der Waals surface area contributed by atoms with Crippen molar-refractivity contribution in [1.29, 1.82) is 0 Å². The number of aliphatic hydroxyl groups excluding tert-OH is 4. The Bertz CT molecular complexity index is 216. The first-order valence-corrected chi connectivity index (χ1v) is 4.81. The Morgan fingerprint density at radius 1 is 1.14 bits per heavy atom. The molecular formula is C8H16N2O4. The third kappa shape index (κ3) is 1.35. The number of piperidine rings is 1. The van der Waals surface area contributed by atoms with E-state index in [-0.39, 0.29) is 12.8 Å². The van der Waals surface area contributed by atoms with E-state index in [2.05, 4.69) is 5.32 Å². The Balaban J connectivity index is 2.19. The van der Waals surface area contributed by atoms with E-state index in [4.69, 9.17) is 5.11 Å². The van der Waals surface area contributed by atoms with Gasteiger partial charge in [0.15, 0.2) is 0 Å². The number of nitrogens with one attached hydrogen (secondary N) is 1. The third-order valence-electron chi connectivity index (χ3n) is 3.11. The summed E-state index contributed by atoms with van der Waals surface area (Å²) in [4.78, 5) is 1.79. The van der Waals surface area contributed by atoms with Crippen LogP contribution in [0.15, 0.2) is 0 Å². The Morgan fingerprint density at radius 2 is 1.86 bits per heavy atom. The summed E-state index contributed by atoms with van der Waals surface area (Å²) in [5.41, 5.74) is 0. The molecule has 6 heteroatoms. The van der Waals surface area contributed by atoms with E-state index in [9.17, 15) is 15.3 Å². The largest absolute Gasteiger partial charge is 0.395 e. The maximum absolute atomic E-state index is 9.64. The molecule has 2 rings (SSSR count). The first-order valence-electron chi connectivity index (χ1n) is 4.81. The molecule has 1 unspecified atom stereocenters. The number of fused-ring (bicyclic) bond motifs is 1. The van der Waals surface area contributed by atoms with Crippen molar-refractivity contribution in [2.75, 3.05) is 19.7 Å². The molecule has 0 amide bonds. The standard InChI is InChI=1S/C8H16N2O4/c11-3-4-5(12)6(13)7(14)8-9-1-2-10(4)8/h4-9,11-14H,1-3H2/t4-,5-,6+,7-,8?/m1/s1. The van der Waals surface area contributed by atoms with Gasteiger partial charge in [0.05, 0.1) is 18.8 Å². The lowest BCUT2D eigenvalue weighted by molar-refractivity contribution is -0.164. The summed E-state index contributed by atoms with van der Waals surface area (Å²) in [5, 5.41) is 40.9. The minimum atomic E-state index is -1.20. The average Bonchev–Trinajstić information content (AvgIpc) is 2.64. The van der Waals surface area contributed by atoms with Crippen LogP contribution in [-0.2, 0) is 0 Å². The zero-order valence-electron chi connectivity index (χ0n) is 7.74. The van der Waals surface area contributed by atoms with Gasteiger partial charge >= 0.3 is 0 Å². The number of hydrogen-bond donors (Lipinski definition) is 5. The van der Waals surface area contributed by atoms with Crippen LogP contribution in [0.25, 0.3) is 0 Å². The van der Waals surface area contributed by atoms with Crippen molar-refractivity contribution in [3.63, 3.8) is 0 Å². The molecule has 0 saturated carbocycles. The van der Waals surface area contributed by atoms with Gasteiger partial charge in [-0.25, -0.2) is 0 Å². The molecule has 0 aromatic carbocycles. The molecule has 2 saturated heterocycles. The van der Waals surface area contributed by atoms with Crippen LogP contribution in [0.2, 0.25) is 0 Å². The van der Waals surface area contributed by atoms with Gasteiger partial charge in [-0.3, -0.25) is 10.2 Å². The van der Waals surface area contributed by atoms with Gasteiger partial charge in [-0.1, -0.05) is 0 Å². The summed E-state index contributed by atoms with van der Waals surface area (Å²) >= 11 is 0. The van der Waals surface area contributed by atoms with Crippen molar-refractivity contribution in [1.82, 2.24) is 10.2 Å². The zero-order chi connectivity index (χ0) is 10.3. The van der Waals surface area contributed by atoms with Crippen molar-refractivity contribution >= 4 is 0 Å². The minimum absolute atomic E-state index is 0.219. The van der Waals surface area contributed by atoms with Crippen LogP contribution in [0, 0.1) is 0 Å². The highest BCUT2D eigenvalue weighted by Gasteiger charge is 2.48. The summed E-state index contributed by atoms with van der Waals surface area (Å²) < 4.78 is 0. The van der Waals surface area contributed by atoms with E-state index < -0.39 is 24.4 Å². The van der Waals surface area contributed by atoms with Crippen LogP contribution in [-0.4, -0.2) is 75.5 Å². The van der Waals surface area contributed by atoms with Gasteiger partial charge in [0.2, 0.25) is 0 Å². The Hall–Kier alpha value is -0.240. The maximum atomic E-state index is 9.64. The SMILES string of the molecule is OC[C@@H]1[C@@H](O)[C@H](O)[C@@H](O)C2NCCN21. The fourth-order valence-electron chi connectivity index (χ4n) is 2.31. The second-order valence-corrected chi connectivity index (χ2v) is 3.86. The molecule has 0 spiro atoms. The lowest BCUT2D eigenvalue weighted by atomic mass is 9.92. The Morgan fingerprint density at radius 3 is 2.50 bits per heavy atom. The van der Waals surface area contributed by atoms with Crippen molar-refractivity contribution in [3.05, 3.63) is 0 Å². The van der Waals surface area contributed by atoms with Gasteiger partial charge in [0.1, 0.15) is 18.3 Å². The molecule has 0 bridgehead atoms. The molecule has 0 aromatic heterocycles. The molecule has 0 aliphatic carbocycles. The van der Waals surface area contributed by atoms with Gasteiger partial charge in [-0.05, 0) is 0 Å². The van der Waals surface area contributed by atoms with Crippen molar-refractivity contribution in [2.45, 2.75) is 30.5 Å². The first kappa shape index (κ1) is 10.3. The molecule has 6 nitrogen and oxygen atoms in total. The van der Waals surface area contributed by atoms with Crippen LogP contribution in [0.4, 0.5) is 0 Å². The number of rotatable bonds is 1. The van der Waals surface area contributed by atoms with Gasteiger partial charge < -0.3 is 20.4 Å². The quantitative estimate of drug-likeness (QED) is 0.307.